The summed E-state index contributed by atoms with van der Waals surface area (Å²) in [6.45, 7) is 2.04. The predicted octanol–water partition coefficient (Wildman–Crippen LogP) is 3.45. The van der Waals surface area contributed by atoms with E-state index in [0.717, 1.165) is 11.9 Å². The topological polar surface area (TPSA) is 56.7 Å². The summed E-state index contributed by atoms with van der Waals surface area (Å²) >= 11 is 0. The third kappa shape index (κ3) is 3.08. The van der Waals surface area contributed by atoms with Crippen molar-refractivity contribution >= 4 is 0 Å². The van der Waals surface area contributed by atoms with Crippen LogP contribution in [0.25, 0.3) is 11.4 Å². The second-order valence-corrected chi connectivity index (χ2v) is 4.83. The van der Waals surface area contributed by atoms with Gasteiger partial charge < -0.3 is 9.09 Å². The average Bonchev–Trinajstić information content (AvgIpc) is 3.10. The maximum atomic E-state index is 14.2. The van der Waals surface area contributed by atoms with Crippen molar-refractivity contribution < 1.29 is 22.1 Å². The monoisotopic (exact) mass is 326 g/mol. The molecule has 0 saturated heterocycles. The molecule has 0 unspecified atom stereocenters. The highest BCUT2D eigenvalue weighted by Crippen LogP contribution is 2.29. The molecule has 120 valence electrons. The fraction of sp³-hybridized carbons (Fsp3) is 0.214. The van der Waals surface area contributed by atoms with Crippen LogP contribution < -0.4 is 0 Å². The van der Waals surface area contributed by atoms with E-state index in [1.54, 1.807) is 23.9 Å². The number of benzene rings is 1. The zero-order valence-electron chi connectivity index (χ0n) is 11.8. The lowest BCUT2D eigenvalue weighted by molar-refractivity contribution is -0.159. The second kappa shape index (κ2) is 5.49. The normalized spacial score (nSPS) is 11.9. The molecule has 2 aromatic heterocycles. The van der Waals surface area contributed by atoms with Crippen molar-refractivity contribution in [3.63, 3.8) is 0 Å². The van der Waals surface area contributed by atoms with Gasteiger partial charge in [-0.15, -0.1) is 0 Å². The Morgan fingerprint density at radius 2 is 2.04 bits per heavy atom. The molecule has 0 bridgehead atoms. The zero-order valence-corrected chi connectivity index (χ0v) is 11.8. The third-order valence-electron chi connectivity index (χ3n) is 3.24. The number of hydrogen-bond donors (Lipinski definition) is 0. The van der Waals surface area contributed by atoms with Crippen LogP contribution in [0, 0.1) is 12.7 Å². The number of imidazole rings is 1. The first-order chi connectivity index (χ1) is 10.8. The number of rotatable bonds is 3. The summed E-state index contributed by atoms with van der Waals surface area (Å²) < 4.78 is 57.3. The van der Waals surface area contributed by atoms with E-state index in [9.17, 15) is 17.6 Å². The molecule has 0 aliphatic heterocycles. The van der Waals surface area contributed by atoms with Crippen molar-refractivity contribution in [1.82, 2.24) is 19.7 Å². The number of hydrogen-bond acceptors (Lipinski definition) is 4. The first-order valence-electron chi connectivity index (χ1n) is 6.52. The fourth-order valence-electron chi connectivity index (χ4n) is 2.02. The van der Waals surface area contributed by atoms with Crippen molar-refractivity contribution in [3.05, 3.63) is 53.7 Å². The van der Waals surface area contributed by atoms with Crippen molar-refractivity contribution in [2.24, 2.45) is 0 Å². The summed E-state index contributed by atoms with van der Waals surface area (Å²) in [5.74, 6) is -1.64. The molecule has 0 N–H and O–H groups in total. The predicted molar refractivity (Wildman–Crippen MR) is 70.8 cm³/mol. The Kier molecular flexibility index (Phi) is 3.63. The largest absolute Gasteiger partial charge is 0.471 e. The van der Waals surface area contributed by atoms with E-state index in [-0.39, 0.29) is 17.9 Å². The smallest absolute Gasteiger partial charge is 0.331 e. The van der Waals surface area contributed by atoms with Gasteiger partial charge in [0.1, 0.15) is 11.6 Å². The minimum atomic E-state index is -4.73. The molecule has 2 heterocycles. The van der Waals surface area contributed by atoms with Gasteiger partial charge in [0.15, 0.2) is 0 Å². The molecule has 23 heavy (non-hydrogen) atoms. The summed E-state index contributed by atoms with van der Waals surface area (Å²) in [6, 6.07) is 3.98. The van der Waals surface area contributed by atoms with E-state index < -0.39 is 17.9 Å². The Hall–Kier alpha value is -2.71. The first-order valence-corrected chi connectivity index (χ1v) is 6.52. The van der Waals surface area contributed by atoms with Gasteiger partial charge in [-0.1, -0.05) is 17.3 Å². The maximum absolute atomic E-state index is 14.2. The standard InChI is InChI=1S/C14H10F4N4O/c1-8-19-4-5-22(8)7-10-3-2-9(6-11(10)15)12-20-13(23-21-12)14(16,17)18/h2-6H,7H2,1H3. The number of halogens is 4. The summed E-state index contributed by atoms with van der Waals surface area (Å²) in [6.07, 6.45) is -1.43. The number of aryl methyl sites for hydroxylation is 1. The van der Waals surface area contributed by atoms with Gasteiger partial charge in [0.2, 0.25) is 5.82 Å². The Balaban J connectivity index is 1.87. The highest BCUT2D eigenvalue weighted by atomic mass is 19.4. The van der Waals surface area contributed by atoms with E-state index in [1.165, 1.54) is 12.1 Å². The Bertz CT molecular complexity index is 837. The summed E-state index contributed by atoms with van der Waals surface area (Å²) in [5.41, 5.74) is 0.474. The van der Waals surface area contributed by atoms with Gasteiger partial charge in [-0.3, -0.25) is 0 Å². The SMILES string of the molecule is Cc1nccn1Cc1ccc(-c2noc(C(F)(F)F)n2)cc1F. The Morgan fingerprint density at radius 3 is 2.61 bits per heavy atom. The zero-order chi connectivity index (χ0) is 16.6. The number of alkyl halides is 3. The van der Waals surface area contributed by atoms with Gasteiger partial charge in [-0.25, -0.2) is 9.37 Å². The molecule has 0 spiro atoms. The molecule has 3 aromatic rings. The van der Waals surface area contributed by atoms with E-state index in [2.05, 4.69) is 19.6 Å². The number of aromatic nitrogens is 4. The van der Waals surface area contributed by atoms with Gasteiger partial charge in [0.25, 0.3) is 0 Å². The second-order valence-electron chi connectivity index (χ2n) is 4.83. The van der Waals surface area contributed by atoms with Crippen LogP contribution in [0.5, 0.6) is 0 Å². The third-order valence-corrected chi connectivity index (χ3v) is 3.24. The molecular formula is C14H10F4N4O. The minimum absolute atomic E-state index is 0.104. The van der Waals surface area contributed by atoms with Crippen LogP contribution in [0.4, 0.5) is 17.6 Å². The summed E-state index contributed by atoms with van der Waals surface area (Å²) in [4.78, 5) is 7.26. The molecule has 0 saturated carbocycles. The van der Waals surface area contributed by atoms with Crippen LogP contribution in [0.2, 0.25) is 0 Å². The fourth-order valence-corrected chi connectivity index (χ4v) is 2.02. The Labute approximate surface area is 127 Å². The molecule has 5 nitrogen and oxygen atoms in total. The van der Waals surface area contributed by atoms with Gasteiger partial charge in [-0.05, 0) is 13.0 Å². The van der Waals surface area contributed by atoms with Crippen molar-refractivity contribution in [2.45, 2.75) is 19.6 Å². The molecule has 1 aromatic carbocycles. The van der Waals surface area contributed by atoms with Gasteiger partial charge in [-0.2, -0.15) is 18.2 Å². The van der Waals surface area contributed by atoms with Crippen molar-refractivity contribution in [2.75, 3.05) is 0 Å². The lowest BCUT2D eigenvalue weighted by Crippen LogP contribution is -2.05. The molecule has 0 radical (unpaired) electrons. The summed E-state index contributed by atoms with van der Waals surface area (Å²) in [5, 5.41) is 3.23. The van der Waals surface area contributed by atoms with Crippen LogP contribution in [-0.4, -0.2) is 19.7 Å². The molecular weight excluding hydrogens is 316 g/mol. The molecule has 0 amide bonds. The van der Waals surface area contributed by atoms with Crippen molar-refractivity contribution in [3.8, 4) is 11.4 Å². The number of nitrogens with zero attached hydrogens (tertiary/aromatic N) is 4. The maximum Gasteiger partial charge on any atom is 0.471 e. The molecule has 0 aliphatic carbocycles. The van der Waals surface area contributed by atoms with E-state index in [1.807, 2.05) is 0 Å². The molecule has 0 fully saturated rings. The lowest BCUT2D eigenvalue weighted by atomic mass is 10.1. The minimum Gasteiger partial charge on any atom is -0.331 e. The van der Waals surface area contributed by atoms with Crippen molar-refractivity contribution in [1.29, 1.82) is 0 Å². The lowest BCUT2D eigenvalue weighted by Gasteiger charge is -2.07. The van der Waals surface area contributed by atoms with E-state index in [0.29, 0.717) is 5.56 Å². The van der Waals surface area contributed by atoms with Crippen LogP contribution in [0.1, 0.15) is 17.3 Å². The van der Waals surface area contributed by atoms with E-state index in [4.69, 9.17) is 0 Å². The van der Waals surface area contributed by atoms with Gasteiger partial charge in [0, 0.05) is 23.5 Å². The molecule has 9 heteroatoms. The Morgan fingerprint density at radius 1 is 1.26 bits per heavy atom. The van der Waals surface area contributed by atoms with Gasteiger partial charge >= 0.3 is 12.1 Å². The van der Waals surface area contributed by atoms with Crippen LogP contribution in [-0.2, 0) is 12.7 Å². The molecule has 0 aliphatic rings. The van der Waals surface area contributed by atoms with Crippen LogP contribution >= 0.6 is 0 Å². The summed E-state index contributed by atoms with van der Waals surface area (Å²) in [7, 11) is 0. The average molecular weight is 326 g/mol. The first kappa shape index (κ1) is 15.2. The van der Waals surface area contributed by atoms with Crippen LogP contribution in [0.3, 0.4) is 0 Å². The highest BCUT2D eigenvalue weighted by molar-refractivity contribution is 5.55. The molecule has 0 atom stereocenters. The molecule has 3 rings (SSSR count). The van der Waals surface area contributed by atoms with Gasteiger partial charge in [0.05, 0.1) is 6.54 Å². The van der Waals surface area contributed by atoms with Crippen LogP contribution in [0.15, 0.2) is 35.1 Å². The quantitative estimate of drug-likeness (QED) is 0.692. The highest BCUT2D eigenvalue weighted by Gasteiger charge is 2.38. The van der Waals surface area contributed by atoms with E-state index >= 15 is 0 Å².